The van der Waals surface area contributed by atoms with Gasteiger partial charge in [0, 0.05) is 16.7 Å². The number of pyridine rings is 1. The van der Waals surface area contributed by atoms with E-state index in [2.05, 4.69) is 28.2 Å². The maximum atomic E-state index is 4.45. The highest BCUT2D eigenvalue weighted by atomic mass is 32.2. The van der Waals surface area contributed by atoms with Crippen LogP contribution in [-0.4, -0.2) is 20.9 Å². The summed E-state index contributed by atoms with van der Waals surface area (Å²) in [4.78, 5) is 5.59. The molecule has 0 saturated heterocycles. The van der Waals surface area contributed by atoms with E-state index in [-0.39, 0.29) is 0 Å². The third-order valence-electron chi connectivity index (χ3n) is 3.05. The molecule has 0 radical (unpaired) electrons. The molecule has 0 aliphatic rings. The van der Waals surface area contributed by atoms with Crippen LogP contribution in [0.1, 0.15) is 6.92 Å². The molecule has 0 bridgehead atoms. The number of hydrogen-bond acceptors (Lipinski definition) is 4. The van der Waals surface area contributed by atoms with Crippen molar-refractivity contribution in [2.24, 2.45) is 0 Å². The molecule has 0 aliphatic carbocycles. The van der Waals surface area contributed by atoms with Crippen LogP contribution in [0, 0.1) is 0 Å². The van der Waals surface area contributed by atoms with Gasteiger partial charge in [0.05, 0.1) is 5.69 Å². The topological polar surface area (TPSA) is 38.7 Å². The molecule has 0 aliphatic heterocycles. The lowest BCUT2D eigenvalue weighted by Gasteiger charge is -2.06. The van der Waals surface area contributed by atoms with Gasteiger partial charge in [0.15, 0.2) is 0 Å². The van der Waals surface area contributed by atoms with Gasteiger partial charge < -0.3 is 0 Å². The first-order valence-corrected chi connectivity index (χ1v) is 7.84. The van der Waals surface area contributed by atoms with Crippen molar-refractivity contribution in [3.8, 4) is 22.6 Å². The predicted molar refractivity (Wildman–Crippen MR) is 87.1 cm³/mol. The standard InChI is InChI=1S/C17H15N3S/c1-2-21-16-9-6-12-18-17(16)15-11-10-14(19-20-15)13-7-4-3-5-8-13/h3-12H,2H2,1H3. The number of thioether (sulfide) groups is 1. The Morgan fingerprint density at radius 3 is 2.33 bits per heavy atom. The Bertz CT molecular complexity index is 712. The maximum absolute atomic E-state index is 4.45. The third kappa shape index (κ3) is 3.11. The number of nitrogens with zero attached hydrogens (tertiary/aromatic N) is 3. The van der Waals surface area contributed by atoms with Crippen LogP contribution >= 0.6 is 11.8 Å². The Hall–Kier alpha value is -2.20. The smallest absolute Gasteiger partial charge is 0.113 e. The first-order chi connectivity index (χ1) is 10.4. The number of benzene rings is 1. The summed E-state index contributed by atoms with van der Waals surface area (Å²) in [6, 6.07) is 18.1. The van der Waals surface area contributed by atoms with Gasteiger partial charge >= 0.3 is 0 Å². The Balaban J connectivity index is 1.95. The molecule has 0 unspecified atom stereocenters. The molecule has 1 aromatic carbocycles. The molecule has 3 rings (SSSR count). The third-order valence-corrected chi connectivity index (χ3v) is 3.98. The highest BCUT2D eigenvalue weighted by Gasteiger charge is 2.09. The molecule has 0 saturated carbocycles. The largest absolute Gasteiger partial charge is 0.253 e. The molecule has 0 N–H and O–H groups in total. The van der Waals surface area contributed by atoms with Crippen molar-refractivity contribution in [3.63, 3.8) is 0 Å². The Morgan fingerprint density at radius 2 is 1.62 bits per heavy atom. The molecule has 0 atom stereocenters. The Kier molecular flexibility index (Phi) is 4.26. The van der Waals surface area contributed by atoms with Crippen LogP contribution in [0.2, 0.25) is 0 Å². The second kappa shape index (κ2) is 6.50. The minimum atomic E-state index is 0.811. The van der Waals surface area contributed by atoms with E-state index in [1.807, 2.05) is 48.5 Å². The van der Waals surface area contributed by atoms with Gasteiger partial charge in [-0.15, -0.1) is 22.0 Å². The van der Waals surface area contributed by atoms with Gasteiger partial charge in [0.25, 0.3) is 0 Å². The molecule has 3 nitrogen and oxygen atoms in total. The molecular weight excluding hydrogens is 278 g/mol. The van der Waals surface area contributed by atoms with Crippen molar-refractivity contribution >= 4 is 11.8 Å². The van der Waals surface area contributed by atoms with Gasteiger partial charge in [-0.1, -0.05) is 37.3 Å². The summed E-state index contributed by atoms with van der Waals surface area (Å²) in [7, 11) is 0. The summed E-state index contributed by atoms with van der Waals surface area (Å²) in [6.07, 6.45) is 1.79. The van der Waals surface area contributed by atoms with E-state index in [0.717, 1.165) is 33.3 Å². The summed E-state index contributed by atoms with van der Waals surface area (Å²) < 4.78 is 0. The van der Waals surface area contributed by atoms with Gasteiger partial charge in [-0.05, 0) is 30.0 Å². The molecule has 2 heterocycles. The van der Waals surface area contributed by atoms with E-state index < -0.39 is 0 Å². The Morgan fingerprint density at radius 1 is 0.857 bits per heavy atom. The fourth-order valence-corrected chi connectivity index (χ4v) is 2.86. The zero-order valence-corrected chi connectivity index (χ0v) is 12.5. The monoisotopic (exact) mass is 293 g/mol. The highest BCUT2D eigenvalue weighted by molar-refractivity contribution is 7.99. The van der Waals surface area contributed by atoms with Crippen LogP contribution in [0.4, 0.5) is 0 Å². The fraction of sp³-hybridized carbons (Fsp3) is 0.118. The van der Waals surface area contributed by atoms with Crippen molar-refractivity contribution in [2.75, 3.05) is 5.75 Å². The lowest BCUT2D eigenvalue weighted by molar-refractivity contribution is 1.03. The second-order valence-corrected chi connectivity index (χ2v) is 5.76. The van der Waals surface area contributed by atoms with Crippen LogP contribution in [0.5, 0.6) is 0 Å². The van der Waals surface area contributed by atoms with E-state index in [0.29, 0.717) is 0 Å². The number of rotatable bonds is 4. The summed E-state index contributed by atoms with van der Waals surface area (Å²) in [5, 5.41) is 8.67. The normalized spacial score (nSPS) is 10.5. The first kappa shape index (κ1) is 13.8. The lowest BCUT2D eigenvalue weighted by Crippen LogP contribution is -1.94. The van der Waals surface area contributed by atoms with Crippen LogP contribution in [0.25, 0.3) is 22.6 Å². The van der Waals surface area contributed by atoms with E-state index in [1.54, 1.807) is 18.0 Å². The van der Waals surface area contributed by atoms with E-state index >= 15 is 0 Å². The van der Waals surface area contributed by atoms with Crippen molar-refractivity contribution < 1.29 is 0 Å². The first-order valence-electron chi connectivity index (χ1n) is 6.86. The summed E-state index contributed by atoms with van der Waals surface area (Å²) in [5.74, 6) is 1.01. The Labute approximate surface area is 128 Å². The second-order valence-electron chi connectivity index (χ2n) is 4.45. The molecule has 0 spiro atoms. The van der Waals surface area contributed by atoms with Crippen molar-refractivity contribution in [1.82, 2.24) is 15.2 Å². The average molecular weight is 293 g/mol. The lowest BCUT2D eigenvalue weighted by atomic mass is 10.1. The number of hydrogen-bond donors (Lipinski definition) is 0. The zero-order chi connectivity index (χ0) is 14.5. The summed E-state index contributed by atoms with van der Waals surface area (Å²) >= 11 is 1.77. The molecule has 104 valence electrons. The van der Waals surface area contributed by atoms with Gasteiger partial charge in [-0.25, -0.2) is 0 Å². The van der Waals surface area contributed by atoms with E-state index in [1.165, 1.54) is 0 Å². The zero-order valence-electron chi connectivity index (χ0n) is 11.7. The van der Waals surface area contributed by atoms with Gasteiger partial charge in [-0.2, -0.15) is 0 Å². The molecule has 0 fully saturated rings. The predicted octanol–water partition coefficient (Wildman–Crippen LogP) is 4.32. The highest BCUT2D eigenvalue weighted by Crippen LogP contribution is 2.28. The fourth-order valence-electron chi connectivity index (χ4n) is 2.08. The quantitative estimate of drug-likeness (QED) is 0.672. The van der Waals surface area contributed by atoms with Crippen molar-refractivity contribution in [1.29, 1.82) is 0 Å². The average Bonchev–Trinajstić information content (AvgIpc) is 2.57. The molecule has 2 aromatic heterocycles. The van der Waals surface area contributed by atoms with Gasteiger partial charge in [-0.3, -0.25) is 4.98 Å². The summed E-state index contributed by atoms with van der Waals surface area (Å²) in [6.45, 7) is 2.13. The van der Waals surface area contributed by atoms with Gasteiger partial charge in [0.1, 0.15) is 11.4 Å². The minimum Gasteiger partial charge on any atom is -0.253 e. The molecule has 3 aromatic rings. The van der Waals surface area contributed by atoms with Crippen LogP contribution < -0.4 is 0 Å². The summed E-state index contributed by atoms with van der Waals surface area (Å²) in [5.41, 5.74) is 3.66. The van der Waals surface area contributed by atoms with Crippen molar-refractivity contribution in [3.05, 3.63) is 60.8 Å². The minimum absolute atomic E-state index is 0.811. The molecule has 4 heteroatoms. The van der Waals surface area contributed by atoms with Crippen LogP contribution in [-0.2, 0) is 0 Å². The van der Waals surface area contributed by atoms with Crippen LogP contribution in [0.15, 0.2) is 65.7 Å². The molecular formula is C17H15N3S. The van der Waals surface area contributed by atoms with E-state index in [9.17, 15) is 0 Å². The molecule has 21 heavy (non-hydrogen) atoms. The number of aromatic nitrogens is 3. The van der Waals surface area contributed by atoms with Crippen LogP contribution in [0.3, 0.4) is 0 Å². The van der Waals surface area contributed by atoms with E-state index in [4.69, 9.17) is 0 Å². The molecule has 0 amide bonds. The van der Waals surface area contributed by atoms with Gasteiger partial charge in [0.2, 0.25) is 0 Å². The maximum Gasteiger partial charge on any atom is 0.113 e. The SMILES string of the molecule is CCSc1cccnc1-c1ccc(-c2ccccc2)nn1. The van der Waals surface area contributed by atoms with Crippen molar-refractivity contribution in [2.45, 2.75) is 11.8 Å².